The number of carbonyl (C=O) groups excluding carboxylic acids is 1. The minimum atomic E-state index is 0.0463. The molecule has 0 saturated carbocycles. The zero-order valence-corrected chi connectivity index (χ0v) is 6.18. The number of hydrogen-bond acceptors (Lipinski definition) is 4. The zero-order chi connectivity index (χ0) is 7.14. The van der Waals surface area contributed by atoms with Crippen LogP contribution in [0.2, 0.25) is 0 Å². The first-order chi connectivity index (χ1) is 4.79. The highest BCUT2D eigenvalue weighted by Crippen LogP contribution is 2.21. The largest absolute Gasteiger partial charge is 0.335 e. The second-order valence-electron chi connectivity index (χ2n) is 2.21. The topological polar surface area (TPSA) is 46.1 Å². The minimum absolute atomic E-state index is 0.0463. The van der Waals surface area contributed by atoms with Crippen molar-refractivity contribution in [3.05, 3.63) is 10.6 Å². The highest BCUT2D eigenvalue weighted by Gasteiger charge is 2.27. The van der Waals surface area contributed by atoms with Crippen molar-refractivity contribution in [2.75, 3.05) is 7.05 Å². The van der Waals surface area contributed by atoms with E-state index in [1.165, 1.54) is 11.5 Å². The minimum Gasteiger partial charge on any atom is -0.335 e. The standard InChI is InChI=1S/C5H5N3OS/c1-8-2-3-4(5(8)9)10-7-6-3/h2H2,1H3. The zero-order valence-electron chi connectivity index (χ0n) is 5.37. The first-order valence-corrected chi connectivity index (χ1v) is 3.63. The predicted octanol–water partition coefficient (Wildman–Crippen LogP) is 0.124. The number of carbonyl (C=O) groups is 1. The van der Waals surface area contributed by atoms with Gasteiger partial charge in [0, 0.05) is 7.05 Å². The van der Waals surface area contributed by atoms with Gasteiger partial charge in [-0.05, 0) is 11.5 Å². The molecule has 2 rings (SSSR count). The van der Waals surface area contributed by atoms with Gasteiger partial charge < -0.3 is 4.90 Å². The van der Waals surface area contributed by atoms with E-state index < -0.39 is 0 Å². The number of nitrogens with zero attached hydrogens (tertiary/aromatic N) is 3. The van der Waals surface area contributed by atoms with Crippen molar-refractivity contribution in [2.45, 2.75) is 6.54 Å². The van der Waals surface area contributed by atoms with Crippen LogP contribution in [0.15, 0.2) is 0 Å². The van der Waals surface area contributed by atoms with Crippen LogP contribution in [-0.2, 0) is 6.54 Å². The molecule has 0 saturated heterocycles. The van der Waals surface area contributed by atoms with E-state index in [1.54, 1.807) is 11.9 Å². The maximum atomic E-state index is 11.1. The first kappa shape index (κ1) is 5.79. The fourth-order valence-corrected chi connectivity index (χ4v) is 1.61. The Kier molecular flexibility index (Phi) is 1.02. The lowest BCUT2D eigenvalue weighted by Crippen LogP contribution is -2.17. The molecule has 52 valence electrons. The lowest BCUT2D eigenvalue weighted by molar-refractivity contribution is 0.0819. The second-order valence-corrected chi connectivity index (χ2v) is 2.96. The van der Waals surface area contributed by atoms with Gasteiger partial charge in [0.2, 0.25) is 0 Å². The summed E-state index contributed by atoms with van der Waals surface area (Å²) in [6.07, 6.45) is 0. The van der Waals surface area contributed by atoms with Crippen molar-refractivity contribution in [3.8, 4) is 0 Å². The Morgan fingerprint density at radius 3 is 3.20 bits per heavy atom. The normalized spacial score (nSPS) is 16.1. The van der Waals surface area contributed by atoms with Crippen molar-refractivity contribution in [1.82, 2.24) is 14.5 Å². The van der Waals surface area contributed by atoms with Gasteiger partial charge in [0.15, 0.2) is 0 Å². The molecule has 5 heteroatoms. The van der Waals surface area contributed by atoms with E-state index in [0.29, 0.717) is 11.4 Å². The third kappa shape index (κ3) is 0.578. The third-order valence-electron chi connectivity index (χ3n) is 1.48. The molecule has 1 aliphatic heterocycles. The lowest BCUT2D eigenvalue weighted by Gasteiger charge is -2.03. The highest BCUT2D eigenvalue weighted by molar-refractivity contribution is 7.08. The fourth-order valence-electron chi connectivity index (χ4n) is 0.944. The maximum Gasteiger partial charge on any atom is 0.267 e. The summed E-state index contributed by atoms with van der Waals surface area (Å²) in [6, 6.07) is 0. The first-order valence-electron chi connectivity index (χ1n) is 2.86. The molecule has 1 amide bonds. The maximum absolute atomic E-state index is 11.1. The smallest absolute Gasteiger partial charge is 0.267 e. The summed E-state index contributed by atoms with van der Waals surface area (Å²) in [5, 5.41) is 3.80. The molecule has 0 fully saturated rings. The lowest BCUT2D eigenvalue weighted by atomic mass is 10.4. The Labute approximate surface area is 61.6 Å². The van der Waals surface area contributed by atoms with Gasteiger partial charge in [-0.2, -0.15) is 0 Å². The molecule has 1 aromatic rings. The van der Waals surface area contributed by atoms with E-state index in [1.807, 2.05) is 0 Å². The van der Waals surface area contributed by atoms with Gasteiger partial charge in [-0.15, -0.1) is 5.10 Å². The van der Waals surface area contributed by atoms with Crippen LogP contribution in [0, 0.1) is 0 Å². The van der Waals surface area contributed by atoms with E-state index in [2.05, 4.69) is 9.59 Å². The number of fused-ring (bicyclic) bond motifs is 1. The molecule has 1 aromatic heterocycles. The van der Waals surface area contributed by atoms with Crippen molar-refractivity contribution < 1.29 is 4.79 Å². The Morgan fingerprint density at radius 1 is 1.70 bits per heavy atom. The average molecular weight is 155 g/mol. The van der Waals surface area contributed by atoms with E-state index >= 15 is 0 Å². The van der Waals surface area contributed by atoms with Crippen LogP contribution in [0.5, 0.6) is 0 Å². The monoisotopic (exact) mass is 155 g/mol. The molecular formula is C5H5N3OS. The Balaban J connectivity index is 2.53. The molecule has 10 heavy (non-hydrogen) atoms. The summed E-state index contributed by atoms with van der Waals surface area (Å²) >= 11 is 1.17. The summed E-state index contributed by atoms with van der Waals surface area (Å²) in [7, 11) is 1.76. The van der Waals surface area contributed by atoms with Crippen LogP contribution in [0.25, 0.3) is 0 Å². The van der Waals surface area contributed by atoms with Gasteiger partial charge in [0.25, 0.3) is 5.91 Å². The van der Waals surface area contributed by atoms with Crippen molar-refractivity contribution in [1.29, 1.82) is 0 Å². The summed E-state index contributed by atoms with van der Waals surface area (Å²) in [5.41, 5.74) is 0.817. The van der Waals surface area contributed by atoms with Crippen LogP contribution in [0.1, 0.15) is 15.4 Å². The van der Waals surface area contributed by atoms with Crippen LogP contribution in [-0.4, -0.2) is 27.4 Å². The number of aromatic nitrogens is 2. The van der Waals surface area contributed by atoms with Crippen molar-refractivity contribution in [2.24, 2.45) is 0 Å². The van der Waals surface area contributed by atoms with Gasteiger partial charge in [-0.1, -0.05) is 4.49 Å². The Hall–Kier alpha value is -0.970. The molecule has 0 atom stereocenters. The second kappa shape index (κ2) is 1.76. The molecule has 0 N–H and O–H groups in total. The van der Waals surface area contributed by atoms with Gasteiger partial charge in [-0.25, -0.2) is 0 Å². The van der Waals surface area contributed by atoms with Crippen molar-refractivity contribution in [3.63, 3.8) is 0 Å². The number of rotatable bonds is 0. The molecule has 2 heterocycles. The summed E-state index contributed by atoms with van der Waals surface area (Å²) in [4.78, 5) is 13.4. The molecular weight excluding hydrogens is 150 g/mol. The average Bonchev–Trinajstić information content (AvgIpc) is 2.41. The molecule has 0 spiro atoms. The van der Waals surface area contributed by atoms with Gasteiger partial charge in [0.05, 0.1) is 6.54 Å². The van der Waals surface area contributed by atoms with Crippen LogP contribution < -0.4 is 0 Å². The van der Waals surface area contributed by atoms with E-state index in [0.717, 1.165) is 5.69 Å². The molecule has 4 nitrogen and oxygen atoms in total. The summed E-state index contributed by atoms with van der Waals surface area (Å²) in [5.74, 6) is 0.0463. The van der Waals surface area contributed by atoms with E-state index in [-0.39, 0.29) is 5.91 Å². The number of amides is 1. The van der Waals surface area contributed by atoms with Crippen molar-refractivity contribution >= 4 is 17.4 Å². The molecule has 1 aliphatic rings. The quantitative estimate of drug-likeness (QED) is 0.534. The molecule has 0 aliphatic carbocycles. The van der Waals surface area contributed by atoms with Gasteiger partial charge >= 0.3 is 0 Å². The highest BCUT2D eigenvalue weighted by atomic mass is 32.1. The molecule has 0 aromatic carbocycles. The van der Waals surface area contributed by atoms with E-state index in [9.17, 15) is 4.79 Å². The predicted molar refractivity (Wildman–Crippen MR) is 35.7 cm³/mol. The number of hydrogen-bond donors (Lipinski definition) is 0. The molecule has 0 radical (unpaired) electrons. The van der Waals surface area contributed by atoms with Crippen LogP contribution in [0.3, 0.4) is 0 Å². The molecule has 0 bridgehead atoms. The fraction of sp³-hybridized carbons (Fsp3) is 0.400. The van der Waals surface area contributed by atoms with E-state index in [4.69, 9.17) is 0 Å². The third-order valence-corrected chi connectivity index (χ3v) is 2.24. The molecule has 0 unspecified atom stereocenters. The van der Waals surface area contributed by atoms with Gasteiger partial charge in [0.1, 0.15) is 10.6 Å². The summed E-state index contributed by atoms with van der Waals surface area (Å²) in [6.45, 7) is 0.616. The van der Waals surface area contributed by atoms with Crippen LogP contribution in [0.4, 0.5) is 0 Å². The van der Waals surface area contributed by atoms with Crippen LogP contribution >= 0.6 is 11.5 Å². The summed E-state index contributed by atoms with van der Waals surface area (Å²) < 4.78 is 3.67. The SMILES string of the molecule is CN1Cc2nnsc2C1=O. The van der Waals surface area contributed by atoms with Gasteiger partial charge in [-0.3, -0.25) is 4.79 Å². The Morgan fingerprint density at radius 2 is 2.50 bits per heavy atom. The Bertz CT molecular complexity index is 282.